The van der Waals surface area contributed by atoms with Crippen molar-refractivity contribution in [3.8, 4) is 33.4 Å². The summed E-state index contributed by atoms with van der Waals surface area (Å²) in [6.45, 7) is 14.8. The average molecular weight is 821 g/mol. The first kappa shape index (κ1) is 37.3. The lowest BCUT2D eigenvalue weighted by atomic mass is 9.49. The summed E-state index contributed by atoms with van der Waals surface area (Å²) in [5, 5.41) is 17.7. The van der Waals surface area contributed by atoms with Crippen molar-refractivity contribution in [2.24, 2.45) is 10.8 Å². The van der Waals surface area contributed by atoms with Crippen molar-refractivity contribution in [3.63, 3.8) is 0 Å². The molecule has 1 heterocycles. The van der Waals surface area contributed by atoms with Gasteiger partial charge in [0.05, 0.1) is 0 Å². The molecule has 0 N–H and O–H groups in total. The van der Waals surface area contributed by atoms with E-state index in [4.69, 9.17) is 4.42 Å². The number of fused-ring (bicyclic) bond motifs is 16. The highest BCUT2D eigenvalue weighted by atomic mass is 16.3. The van der Waals surface area contributed by atoms with E-state index in [9.17, 15) is 0 Å². The second kappa shape index (κ2) is 12.9. The molecule has 0 fully saturated rings. The smallest absolute Gasteiger partial charge is 0.136 e. The number of furan rings is 1. The van der Waals surface area contributed by atoms with Crippen molar-refractivity contribution in [3.05, 3.63) is 193 Å². The quantitative estimate of drug-likeness (QED) is 0.125. The minimum Gasteiger partial charge on any atom is -0.456 e. The molecule has 0 unspecified atom stereocenters. The van der Waals surface area contributed by atoms with Gasteiger partial charge in [0.25, 0.3) is 0 Å². The van der Waals surface area contributed by atoms with Gasteiger partial charge in [0.2, 0.25) is 0 Å². The largest absolute Gasteiger partial charge is 0.456 e. The van der Waals surface area contributed by atoms with Crippen LogP contribution in [0.15, 0.2) is 186 Å². The van der Waals surface area contributed by atoms with E-state index in [-0.39, 0.29) is 16.2 Å². The first-order chi connectivity index (χ1) is 31.0. The maximum atomic E-state index is 6.47. The summed E-state index contributed by atoms with van der Waals surface area (Å²) in [6.07, 6.45) is 0. The van der Waals surface area contributed by atoms with Gasteiger partial charge < -0.3 is 4.42 Å². The number of rotatable bonds is 2. The van der Waals surface area contributed by atoms with E-state index >= 15 is 0 Å². The SMILES string of the molecule is CC(C)(C)C1(C(C)(C)C)c2cc3cc(-c4c5ccccc5c(-c5ccc6oc7ccc8ccccc8c7c6c5)c5ccccc45)ccc3cc2-c2c1c1ccccc1c1ccccc21. The van der Waals surface area contributed by atoms with Crippen LogP contribution in [0.25, 0.3) is 120 Å². The van der Waals surface area contributed by atoms with Crippen LogP contribution in [0.2, 0.25) is 0 Å². The van der Waals surface area contributed by atoms with Crippen molar-refractivity contribution in [1.29, 1.82) is 0 Å². The molecule has 306 valence electrons. The third kappa shape index (κ3) is 4.85. The third-order valence-electron chi connectivity index (χ3n) is 15.1. The van der Waals surface area contributed by atoms with Gasteiger partial charge in [0.1, 0.15) is 11.2 Å². The molecule has 0 amide bonds. The van der Waals surface area contributed by atoms with Gasteiger partial charge in [-0.2, -0.15) is 0 Å². The van der Waals surface area contributed by atoms with E-state index in [0.717, 1.165) is 16.6 Å². The Morgan fingerprint density at radius 3 is 1.42 bits per heavy atom. The van der Waals surface area contributed by atoms with Gasteiger partial charge in [-0.25, -0.2) is 0 Å². The number of hydrogen-bond donors (Lipinski definition) is 0. The van der Waals surface area contributed by atoms with Gasteiger partial charge in [-0.05, 0) is 156 Å². The monoisotopic (exact) mass is 820 g/mol. The number of hydrogen-bond acceptors (Lipinski definition) is 1. The van der Waals surface area contributed by atoms with Crippen LogP contribution in [0.4, 0.5) is 0 Å². The van der Waals surface area contributed by atoms with E-state index in [2.05, 4.69) is 224 Å². The highest BCUT2D eigenvalue weighted by Crippen LogP contribution is 2.67. The van der Waals surface area contributed by atoms with Crippen LogP contribution in [-0.4, -0.2) is 0 Å². The van der Waals surface area contributed by atoms with Gasteiger partial charge in [0.15, 0.2) is 0 Å². The lowest BCUT2D eigenvalue weighted by Crippen LogP contribution is -2.50. The Hall–Kier alpha value is -7.22. The Bertz CT molecular complexity index is 3900. The standard InChI is InChI=1S/C63H48O/c1-61(2,3)63(62(4,5)6)53-36-41-33-39(28-27-38(41)34-51(53)59-45-21-11-9-19-43(45)44-20-10-16-26-50(44)60(59)63)56-46-22-12-14-24-48(46)57(49-25-15-13-23-47(49)56)40-30-31-54-52(35-40)58-42-18-8-7-17-37(42)29-32-55(58)64-54/h7-36H,1-6H3. The molecule has 1 nitrogen and oxygen atoms in total. The second-order valence-corrected chi connectivity index (χ2v) is 20.4. The highest BCUT2D eigenvalue weighted by Gasteiger charge is 2.58. The maximum absolute atomic E-state index is 6.47. The van der Waals surface area contributed by atoms with Gasteiger partial charge in [-0.15, -0.1) is 0 Å². The van der Waals surface area contributed by atoms with Gasteiger partial charge in [0, 0.05) is 16.2 Å². The minimum absolute atomic E-state index is 0.108. The van der Waals surface area contributed by atoms with Crippen molar-refractivity contribution in [2.75, 3.05) is 0 Å². The van der Waals surface area contributed by atoms with E-state index in [1.807, 2.05) is 0 Å². The molecule has 0 aliphatic heterocycles. The van der Waals surface area contributed by atoms with E-state index in [0.29, 0.717) is 0 Å². The van der Waals surface area contributed by atoms with Crippen LogP contribution in [0.5, 0.6) is 0 Å². The lowest BCUT2D eigenvalue weighted by molar-refractivity contribution is 0.0965. The van der Waals surface area contributed by atoms with Crippen LogP contribution >= 0.6 is 0 Å². The van der Waals surface area contributed by atoms with E-state index < -0.39 is 0 Å². The molecular weight excluding hydrogens is 773 g/mol. The molecule has 11 aromatic carbocycles. The van der Waals surface area contributed by atoms with Gasteiger partial charge in [-0.3, -0.25) is 0 Å². The van der Waals surface area contributed by atoms with Crippen LogP contribution in [0.3, 0.4) is 0 Å². The summed E-state index contributed by atoms with van der Waals surface area (Å²) in [5.41, 5.74) is 12.0. The first-order valence-electron chi connectivity index (χ1n) is 22.8. The summed E-state index contributed by atoms with van der Waals surface area (Å²) >= 11 is 0. The number of benzene rings is 11. The molecule has 0 saturated heterocycles. The molecule has 12 aromatic rings. The first-order valence-corrected chi connectivity index (χ1v) is 22.8. The molecule has 1 aromatic heterocycles. The minimum atomic E-state index is -0.284. The van der Waals surface area contributed by atoms with Crippen LogP contribution in [-0.2, 0) is 5.41 Å². The fraction of sp³-hybridized carbons (Fsp3) is 0.143. The summed E-state index contributed by atoms with van der Waals surface area (Å²) in [4.78, 5) is 0. The second-order valence-electron chi connectivity index (χ2n) is 20.4. The van der Waals surface area contributed by atoms with Crippen molar-refractivity contribution in [1.82, 2.24) is 0 Å². The molecule has 0 spiro atoms. The summed E-state index contributed by atoms with van der Waals surface area (Å²) in [6, 6.07) is 68.3. The van der Waals surface area contributed by atoms with Crippen molar-refractivity contribution in [2.45, 2.75) is 47.0 Å². The molecule has 0 atom stereocenters. The molecular formula is C63H48O. The molecule has 1 heteroatoms. The Balaban J connectivity index is 1.08. The summed E-state index contributed by atoms with van der Waals surface area (Å²) in [5.74, 6) is 0. The maximum Gasteiger partial charge on any atom is 0.136 e. The fourth-order valence-electron chi connectivity index (χ4n) is 13.1. The third-order valence-corrected chi connectivity index (χ3v) is 15.1. The Labute approximate surface area is 373 Å². The lowest BCUT2D eigenvalue weighted by Gasteiger charge is -2.53. The van der Waals surface area contributed by atoms with Crippen LogP contribution < -0.4 is 0 Å². The predicted molar refractivity (Wildman–Crippen MR) is 275 cm³/mol. The Morgan fingerprint density at radius 1 is 0.344 bits per heavy atom. The average Bonchev–Trinajstić information content (AvgIpc) is 3.84. The molecule has 0 saturated carbocycles. The molecule has 64 heavy (non-hydrogen) atoms. The molecule has 13 rings (SSSR count). The topological polar surface area (TPSA) is 13.1 Å². The molecule has 1 aliphatic carbocycles. The van der Waals surface area contributed by atoms with Gasteiger partial charge >= 0.3 is 0 Å². The van der Waals surface area contributed by atoms with Crippen LogP contribution in [0, 0.1) is 10.8 Å². The zero-order valence-corrected chi connectivity index (χ0v) is 37.2. The Morgan fingerprint density at radius 2 is 0.812 bits per heavy atom. The summed E-state index contributed by atoms with van der Waals surface area (Å²) in [7, 11) is 0. The van der Waals surface area contributed by atoms with Crippen LogP contribution in [0.1, 0.15) is 52.7 Å². The molecule has 0 radical (unpaired) electrons. The zero-order valence-electron chi connectivity index (χ0n) is 37.2. The predicted octanol–water partition coefficient (Wildman–Crippen LogP) is 18.2. The molecule has 0 bridgehead atoms. The van der Waals surface area contributed by atoms with E-state index in [1.54, 1.807) is 0 Å². The van der Waals surface area contributed by atoms with Gasteiger partial charge in [-0.1, -0.05) is 187 Å². The fourth-order valence-corrected chi connectivity index (χ4v) is 13.1. The zero-order chi connectivity index (χ0) is 43.3. The van der Waals surface area contributed by atoms with Crippen molar-refractivity contribution >= 4 is 86.6 Å². The summed E-state index contributed by atoms with van der Waals surface area (Å²) < 4.78 is 6.47. The molecule has 1 aliphatic rings. The normalized spacial score (nSPS) is 13.9. The van der Waals surface area contributed by atoms with E-state index in [1.165, 1.54) is 115 Å². The Kier molecular flexibility index (Phi) is 7.54. The van der Waals surface area contributed by atoms with Crippen molar-refractivity contribution < 1.29 is 4.42 Å². The highest BCUT2D eigenvalue weighted by molar-refractivity contribution is 6.24.